The van der Waals surface area contributed by atoms with E-state index in [-0.39, 0.29) is 0 Å². The van der Waals surface area contributed by atoms with Crippen molar-refractivity contribution in [2.75, 3.05) is 0 Å². The number of pyridine rings is 1. The zero-order valence-electron chi connectivity index (χ0n) is 9.24. The number of aromatic nitrogens is 1. The average molecular weight is 202 g/mol. The number of aryl methyl sites for hydroxylation is 1. The maximum atomic E-state index is 4.29. The van der Waals surface area contributed by atoms with Gasteiger partial charge in [-0.1, -0.05) is 18.2 Å². The van der Waals surface area contributed by atoms with Crippen LogP contribution in [0.25, 0.3) is 0 Å². The lowest BCUT2D eigenvalue weighted by atomic mass is 10.0. The molecular formula is C13H18N2. The first-order valence-corrected chi connectivity index (χ1v) is 5.65. The Morgan fingerprint density at radius 1 is 1.47 bits per heavy atom. The topological polar surface area (TPSA) is 24.9 Å². The smallest absolute Gasteiger partial charge is 0.0417 e. The summed E-state index contributed by atoms with van der Waals surface area (Å²) in [5.74, 6) is 0. The summed E-state index contributed by atoms with van der Waals surface area (Å²) in [5.41, 5.74) is 2.45. The van der Waals surface area contributed by atoms with Gasteiger partial charge in [0, 0.05) is 24.5 Å². The first kappa shape index (κ1) is 10.4. The highest BCUT2D eigenvalue weighted by molar-refractivity contribution is 5.18. The fourth-order valence-corrected chi connectivity index (χ4v) is 1.94. The van der Waals surface area contributed by atoms with Gasteiger partial charge in [-0.05, 0) is 37.8 Å². The number of hydrogen-bond donors (Lipinski definition) is 1. The molecule has 80 valence electrons. The van der Waals surface area contributed by atoms with Crippen LogP contribution in [0.1, 0.15) is 30.5 Å². The molecule has 1 unspecified atom stereocenters. The number of hydrogen-bond acceptors (Lipinski definition) is 2. The Kier molecular flexibility index (Phi) is 3.51. The molecule has 0 fully saturated rings. The molecule has 0 saturated heterocycles. The largest absolute Gasteiger partial charge is 0.310 e. The van der Waals surface area contributed by atoms with Crippen LogP contribution in [0, 0.1) is 6.92 Å². The molecule has 2 heteroatoms. The lowest BCUT2D eigenvalue weighted by Crippen LogP contribution is -2.29. The van der Waals surface area contributed by atoms with Gasteiger partial charge >= 0.3 is 0 Å². The quantitative estimate of drug-likeness (QED) is 0.762. The summed E-state index contributed by atoms with van der Waals surface area (Å²) in [7, 11) is 0. The lowest BCUT2D eigenvalue weighted by molar-refractivity contribution is 0.473. The Balaban J connectivity index is 1.87. The van der Waals surface area contributed by atoms with Crippen LogP contribution >= 0.6 is 0 Å². The molecule has 0 bridgehead atoms. The zero-order valence-corrected chi connectivity index (χ0v) is 9.24. The molecule has 1 aliphatic carbocycles. The minimum Gasteiger partial charge on any atom is -0.310 e. The summed E-state index contributed by atoms with van der Waals surface area (Å²) in [6, 6.07) is 4.80. The molecule has 1 N–H and O–H groups in total. The van der Waals surface area contributed by atoms with Crippen LogP contribution in [0.15, 0.2) is 30.5 Å². The Labute approximate surface area is 91.4 Å². The second-order valence-corrected chi connectivity index (χ2v) is 4.11. The molecule has 0 saturated carbocycles. The van der Waals surface area contributed by atoms with E-state index in [0.29, 0.717) is 6.04 Å². The summed E-state index contributed by atoms with van der Waals surface area (Å²) in [6.07, 6.45) is 10.0. The van der Waals surface area contributed by atoms with E-state index < -0.39 is 0 Å². The van der Waals surface area contributed by atoms with E-state index >= 15 is 0 Å². The van der Waals surface area contributed by atoms with Gasteiger partial charge in [0.25, 0.3) is 0 Å². The van der Waals surface area contributed by atoms with Crippen LogP contribution in [0.4, 0.5) is 0 Å². The molecule has 1 atom stereocenters. The maximum absolute atomic E-state index is 4.29. The van der Waals surface area contributed by atoms with Crippen LogP contribution in [0.5, 0.6) is 0 Å². The molecule has 0 aliphatic heterocycles. The van der Waals surface area contributed by atoms with Crippen molar-refractivity contribution in [3.05, 3.63) is 41.7 Å². The Bertz CT molecular complexity index is 344. The van der Waals surface area contributed by atoms with Crippen molar-refractivity contribution in [2.24, 2.45) is 0 Å². The predicted octanol–water partition coefficient (Wildman–Crippen LogP) is 2.59. The van der Waals surface area contributed by atoms with E-state index in [9.17, 15) is 0 Å². The molecule has 1 heterocycles. The van der Waals surface area contributed by atoms with Crippen molar-refractivity contribution in [3.8, 4) is 0 Å². The van der Waals surface area contributed by atoms with Crippen molar-refractivity contribution in [3.63, 3.8) is 0 Å². The highest BCUT2D eigenvalue weighted by atomic mass is 14.9. The fourth-order valence-electron chi connectivity index (χ4n) is 1.94. The lowest BCUT2D eigenvalue weighted by Gasteiger charge is -2.19. The molecule has 1 aromatic heterocycles. The number of nitrogens with one attached hydrogen (secondary N) is 1. The van der Waals surface area contributed by atoms with E-state index in [0.717, 1.165) is 12.2 Å². The van der Waals surface area contributed by atoms with Gasteiger partial charge in [0.2, 0.25) is 0 Å². The summed E-state index contributed by atoms with van der Waals surface area (Å²) in [6.45, 7) is 3.01. The van der Waals surface area contributed by atoms with Crippen molar-refractivity contribution in [2.45, 2.75) is 38.8 Å². The van der Waals surface area contributed by atoms with E-state index in [2.05, 4.69) is 35.4 Å². The number of rotatable bonds is 3. The molecule has 15 heavy (non-hydrogen) atoms. The second-order valence-electron chi connectivity index (χ2n) is 4.11. The molecule has 0 amide bonds. The van der Waals surface area contributed by atoms with Gasteiger partial charge in [0.15, 0.2) is 0 Å². The molecular weight excluding hydrogens is 184 g/mol. The average Bonchev–Trinajstić information content (AvgIpc) is 2.29. The Hall–Kier alpha value is -1.15. The van der Waals surface area contributed by atoms with E-state index in [4.69, 9.17) is 0 Å². The van der Waals surface area contributed by atoms with Crippen molar-refractivity contribution in [1.29, 1.82) is 0 Å². The van der Waals surface area contributed by atoms with Gasteiger partial charge in [-0.2, -0.15) is 0 Å². The normalized spacial score (nSPS) is 20.5. The third-order valence-corrected chi connectivity index (χ3v) is 2.97. The van der Waals surface area contributed by atoms with Gasteiger partial charge in [-0.15, -0.1) is 0 Å². The van der Waals surface area contributed by atoms with Gasteiger partial charge in [0.1, 0.15) is 0 Å². The zero-order chi connectivity index (χ0) is 10.5. The molecule has 0 aromatic carbocycles. The van der Waals surface area contributed by atoms with Crippen molar-refractivity contribution in [1.82, 2.24) is 10.3 Å². The van der Waals surface area contributed by atoms with E-state index in [1.807, 2.05) is 12.3 Å². The van der Waals surface area contributed by atoms with Crippen molar-refractivity contribution < 1.29 is 0 Å². The summed E-state index contributed by atoms with van der Waals surface area (Å²) < 4.78 is 0. The van der Waals surface area contributed by atoms with Crippen LogP contribution < -0.4 is 5.32 Å². The minimum absolute atomic E-state index is 0.648. The van der Waals surface area contributed by atoms with Gasteiger partial charge < -0.3 is 5.32 Å². The third-order valence-electron chi connectivity index (χ3n) is 2.97. The van der Waals surface area contributed by atoms with Crippen LogP contribution in [0.2, 0.25) is 0 Å². The minimum atomic E-state index is 0.648. The molecule has 1 aliphatic rings. The monoisotopic (exact) mass is 202 g/mol. The molecule has 2 nitrogen and oxygen atoms in total. The summed E-state index contributed by atoms with van der Waals surface area (Å²) in [4.78, 5) is 4.29. The van der Waals surface area contributed by atoms with Gasteiger partial charge in [-0.3, -0.25) is 4.98 Å². The highest BCUT2D eigenvalue weighted by Gasteiger charge is 2.09. The summed E-state index contributed by atoms with van der Waals surface area (Å²) >= 11 is 0. The van der Waals surface area contributed by atoms with Gasteiger partial charge in [0.05, 0.1) is 0 Å². The molecule has 0 radical (unpaired) electrons. The van der Waals surface area contributed by atoms with Crippen LogP contribution in [0.3, 0.4) is 0 Å². The fraction of sp³-hybridized carbons (Fsp3) is 0.462. The summed E-state index contributed by atoms with van der Waals surface area (Å²) in [5, 5.41) is 3.59. The molecule has 1 aromatic rings. The molecule has 2 rings (SSSR count). The van der Waals surface area contributed by atoms with E-state index in [1.165, 1.54) is 24.8 Å². The molecule has 0 spiro atoms. The van der Waals surface area contributed by atoms with E-state index in [1.54, 1.807) is 0 Å². The maximum Gasteiger partial charge on any atom is 0.0417 e. The van der Waals surface area contributed by atoms with Crippen LogP contribution in [-0.4, -0.2) is 11.0 Å². The van der Waals surface area contributed by atoms with Crippen molar-refractivity contribution >= 4 is 0 Å². The number of allylic oxidation sites excluding steroid dienone is 1. The second kappa shape index (κ2) is 5.08. The Morgan fingerprint density at radius 2 is 2.40 bits per heavy atom. The third kappa shape index (κ3) is 2.90. The standard InChI is InChI=1S/C13H18N2/c1-11-12(6-5-9-14-11)10-15-13-7-3-2-4-8-13/h2-3,5-6,9,13,15H,4,7-8,10H2,1H3. The first-order valence-electron chi connectivity index (χ1n) is 5.65. The predicted molar refractivity (Wildman–Crippen MR) is 62.6 cm³/mol. The van der Waals surface area contributed by atoms with Crippen LogP contribution in [-0.2, 0) is 6.54 Å². The Morgan fingerprint density at radius 3 is 3.13 bits per heavy atom. The number of nitrogens with zero attached hydrogens (tertiary/aromatic N) is 1. The highest BCUT2D eigenvalue weighted by Crippen LogP contribution is 2.12. The first-order chi connectivity index (χ1) is 7.36. The van der Waals surface area contributed by atoms with Gasteiger partial charge in [-0.25, -0.2) is 0 Å². The SMILES string of the molecule is Cc1ncccc1CNC1CC=CCC1.